The molecule has 5 aromatic rings. The van der Waals surface area contributed by atoms with Gasteiger partial charge in [0.2, 0.25) is 5.95 Å². The minimum absolute atomic E-state index is 0.0624. The molecule has 5 heteroatoms. The van der Waals surface area contributed by atoms with Crippen molar-refractivity contribution in [2.75, 3.05) is 5.32 Å². The third-order valence-corrected chi connectivity index (χ3v) is 5.19. The molecule has 5 rings (SSSR count). The molecule has 0 aliphatic rings. The highest BCUT2D eigenvalue weighted by Crippen LogP contribution is 2.18. The van der Waals surface area contributed by atoms with Crippen LogP contribution in [0, 0.1) is 0 Å². The maximum atomic E-state index is 12.6. The number of para-hydroxylation sites is 1. The lowest BCUT2D eigenvalue weighted by molar-refractivity contribution is 0.688. The van der Waals surface area contributed by atoms with Gasteiger partial charge in [-0.3, -0.25) is 9.36 Å². The number of nitrogens with zero attached hydrogens (tertiary/aromatic N) is 3. The summed E-state index contributed by atoms with van der Waals surface area (Å²) in [5, 5.41) is 6.46. The number of aryl methyl sites for hydroxylation is 2. The van der Waals surface area contributed by atoms with E-state index in [1.54, 1.807) is 22.9 Å². The molecule has 0 amide bonds. The predicted molar refractivity (Wildman–Crippen MR) is 121 cm³/mol. The fourth-order valence-electron chi connectivity index (χ4n) is 3.63. The molecule has 30 heavy (non-hydrogen) atoms. The van der Waals surface area contributed by atoms with Gasteiger partial charge in [-0.15, -0.1) is 0 Å². The fraction of sp³-hybridized carbons (Fsp3) is 0.0800. The number of hydrogen-bond acceptors (Lipinski definition) is 4. The Balaban J connectivity index is 1.46. The summed E-state index contributed by atoms with van der Waals surface area (Å²) >= 11 is 0. The van der Waals surface area contributed by atoms with Crippen molar-refractivity contribution in [1.29, 1.82) is 0 Å². The minimum Gasteiger partial charge on any atom is -0.324 e. The number of fused-ring (bicyclic) bond motifs is 2. The number of hydrogen-bond donors (Lipinski definition) is 1. The first-order chi connectivity index (χ1) is 14.8. The lowest BCUT2D eigenvalue weighted by Crippen LogP contribution is -2.21. The number of aromatic nitrogens is 3. The summed E-state index contributed by atoms with van der Waals surface area (Å²) in [6, 6.07) is 27.8. The summed E-state index contributed by atoms with van der Waals surface area (Å²) in [6.45, 7) is 0.552. The van der Waals surface area contributed by atoms with E-state index in [1.165, 1.54) is 16.3 Å². The van der Waals surface area contributed by atoms with Crippen LogP contribution < -0.4 is 10.9 Å². The molecule has 0 bridgehead atoms. The molecule has 0 saturated carbocycles. The van der Waals surface area contributed by atoms with Crippen LogP contribution in [0.1, 0.15) is 5.56 Å². The second kappa shape index (κ2) is 7.79. The van der Waals surface area contributed by atoms with Crippen LogP contribution >= 0.6 is 0 Å². The van der Waals surface area contributed by atoms with Gasteiger partial charge in [-0.1, -0.05) is 60.7 Å². The number of rotatable bonds is 5. The second-order valence-corrected chi connectivity index (χ2v) is 7.22. The molecule has 0 saturated heterocycles. The van der Waals surface area contributed by atoms with E-state index in [9.17, 15) is 4.79 Å². The van der Waals surface area contributed by atoms with E-state index >= 15 is 0 Å². The van der Waals surface area contributed by atoms with E-state index in [4.69, 9.17) is 0 Å². The SMILES string of the molecule is O=c1ccc2cnc(Nc3ccccc3)nc2n1CCc1ccc2ccccc2c1. The van der Waals surface area contributed by atoms with Crippen molar-refractivity contribution in [3.8, 4) is 0 Å². The summed E-state index contributed by atoms with van der Waals surface area (Å²) in [6.07, 6.45) is 2.49. The van der Waals surface area contributed by atoms with Crippen LogP contribution in [0.2, 0.25) is 0 Å². The Morgan fingerprint density at radius 3 is 2.43 bits per heavy atom. The molecular weight excluding hydrogens is 372 g/mol. The van der Waals surface area contributed by atoms with Crippen LogP contribution in [-0.2, 0) is 13.0 Å². The lowest BCUT2D eigenvalue weighted by atomic mass is 10.1. The smallest absolute Gasteiger partial charge is 0.252 e. The number of nitrogens with one attached hydrogen (secondary N) is 1. The predicted octanol–water partition coefficient (Wildman–Crippen LogP) is 4.93. The zero-order valence-electron chi connectivity index (χ0n) is 16.3. The molecular formula is C25H20N4O. The van der Waals surface area contributed by atoms with Crippen LogP contribution in [0.25, 0.3) is 21.8 Å². The number of benzene rings is 3. The molecule has 0 aliphatic heterocycles. The average Bonchev–Trinajstić information content (AvgIpc) is 2.79. The van der Waals surface area contributed by atoms with Crippen molar-refractivity contribution in [1.82, 2.24) is 14.5 Å². The van der Waals surface area contributed by atoms with Gasteiger partial charge >= 0.3 is 0 Å². The zero-order valence-corrected chi connectivity index (χ0v) is 16.3. The molecule has 5 nitrogen and oxygen atoms in total. The van der Waals surface area contributed by atoms with E-state index in [0.717, 1.165) is 17.5 Å². The van der Waals surface area contributed by atoms with Gasteiger partial charge in [0.05, 0.1) is 0 Å². The largest absolute Gasteiger partial charge is 0.324 e. The number of anilines is 2. The van der Waals surface area contributed by atoms with Crippen molar-refractivity contribution < 1.29 is 0 Å². The molecule has 0 fully saturated rings. The van der Waals surface area contributed by atoms with Crippen molar-refractivity contribution >= 4 is 33.4 Å². The Bertz CT molecular complexity index is 1390. The Labute approximate surface area is 173 Å². The van der Waals surface area contributed by atoms with Gasteiger partial charge in [0.25, 0.3) is 5.56 Å². The minimum atomic E-state index is -0.0624. The third-order valence-electron chi connectivity index (χ3n) is 5.19. The molecule has 0 spiro atoms. The van der Waals surface area contributed by atoms with Crippen molar-refractivity contribution in [2.45, 2.75) is 13.0 Å². The van der Waals surface area contributed by atoms with Crippen LogP contribution in [0.3, 0.4) is 0 Å². The van der Waals surface area contributed by atoms with Gasteiger partial charge in [0, 0.05) is 29.9 Å². The maximum Gasteiger partial charge on any atom is 0.252 e. The molecule has 2 heterocycles. The Morgan fingerprint density at radius 1 is 0.800 bits per heavy atom. The average molecular weight is 392 g/mol. The molecule has 0 unspecified atom stereocenters. The first kappa shape index (κ1) is 18.1. The van der Waals surface area contributed by atoms with E-state index in [0.29, 0.717) is 18.1 Å². The van der Waals surface area contributed by atoms with Crippen molar-refractivity contribution in [3.63, 3.8) is 0 Å². The van der Waals surface area contributed by atoms with Gasteiger partial charge in [-0.05, 0) is 41.0 Å². The van der Waals surface area contributed by atoms with Crippen molar-refractivity contribution in [2.24, 2.45) is 0 Å². The van der Waals surface area contributed by atoms with E-state index < -0.39 is 0 Å². The normalized spacial score (nSPS) is 11.1. The van der Waals surface area contributed by atoms with Gasteiger partial charge in [-0.2, -0.15) is 4.98 Å². The highest BCUT2D eigenvalue weighted by molar-refractivity contribution is 5.83. The molecule has 2 aromatic heterocycles. The quantitative estimate of drug-likeness (QED) is 0.461. The topological polar surface area (TPSA) is 59.8 Å². The molecule has 0 aliphatic carbocycles. The summed E-state index contributed by atoms with van der Waals surface area (Å²) in [4.78, 5) is 21.6. The van der Waals surface area contributed by atoms with E-state index in [1.807, 2.05) is 42.5 Å². The standard InChI is InChI=1S/C25H20N4O/c30-23-13-12-21-17-26-25(27-22-8-2-1-3-9-22)28-24(21)29(23)15-14-18-10-11-19-6-4-5-7-20(19)16-18/h1-13,16-17H,14-15H2,(H,26,27,28). The van der Waals surface area contributed by atoms with Crippen LogP contribution in [0.5, 0.6) is 0 Å². The van der Waals surface area contributed by atoms with Gasteiger partial charge in [0.1, 0.15) is 5.65 Å². The summed E-state index contributed by atoms with van der Waals surface area (Å²) in [5.41, 5.74) is 2.66. The van der Waals surface area contributed by atoms with Crippen molar-refractivity contribution in [3.05, 3.63) is 107 Å². The highest BCUT2D eigenvalue weighted by Gasteiger charge is 2.08. The maximum absolute atomic E-state index is 12.6. The summed E-state index contributed by atoms with van der Waals surface area (Å²) in [5.74, 6) is 0.471. The molecule has 0 radical (unpaired) electrons. The molecule has 0 atom stereocenters. The lowest BCUT2D eigenvalue weighted by Gasteiger charge is -2.11. The Kier molecular flexibility index (Phi) is 4.69. The van der Waals surface area contributed by atoms with Gasteiger partial charge < -0.3 is 5.32 Å². The summed E-state index contributed by atoms with van der Waals surface area (Å²) in [7, 11) is 0. The van der Waals surface area contributed by atoms with Crippen LogP contribution in [0.4, 0.5) is 11.6 Å². The van der Waals surface area contributed by atoms with E-state index in [-0.39, 0.29) is 5.56 Å². The molecule has 146 valence electrons. The van der Waals surface area contributed by atoms with Gasteiger partial charge in [-0.25, -0.2) is 4.98 Å². The fourth-order valence-corrected chi connectivity index (χ4v) is 3.63. The van der Waals surface area contributed by atoms with Crippen LogP contribution in [-0.4, -0.2) is 14.5 Å². The third kappa shape index (κ3) is 3.65. The van der Waals surface area contributed by atoms with Gasteiger partial charge in [0.15, 0.2) is 0 Å². The monoisotopic (exact) mass is 392 g/mol. The Morgan fingerprint density at radius 2 is 1.57 bits per heavy atom. The molecule has 1 N–H and O–H groups in total. The van der Waals surface area contributed by atoms with E-state index in [2.05, 4.69) is 45.6 Å². The Hall–Kier alpha value is -3.99. The second-order valence-electron chi connectivity index (χ2n) is 7.22. The first-order valence-corrected chi connectivity index (χ1v) is 9.93. The molecule has 3 aromatic carbocycles. The first-order valence-electron chi connectivity index (χ1n) is 9.93. The zero-order chi connectivity index (χ0) is 20.3. The number of pyridine rings is 1. The highest BCUT2D eigenvalue weighted by atomic mass is 16.1. The summed E-state index contributed by atoms with van der Waals surface area (Å²) < 4.78 is 1.72. The van der Waals surface area contributed by atoms with Crippen LogP contribution in [0.15, 0.2) is 95.9 Å².